The second kappa shape index (κ2) is 5.64. The Kier molecular flexibility index (Phi) is 3.15. The van der Waals surface area contributed by atoms with Crippen molar-refractivity contribution in [3.05, 3.63) is 48.0 Å². The van der Waals surface area contributed by atoms with Gasteiger partial charge in [-0.05, 0) is 18.2 Å². The molecule has 1 spiro atoms. The lowest BCUT2D eigenvalue weighted by atomic mass is 9.75. The number of hydrogen-bond acceptors (Lipinski definition) is 5. The van der Waals surface area contributed by atoms with Gasteiger partial charge in [0.05, 0.1) is 17.9 Å². The zero-order chi connectivity index (χ0) is 20.9. The van der Waals surface area contributed by atoms with Gasteiger partial charge in [-0.1, -0.05) is 18.2 Å². The first-order valence-electron chi connectivity index (χ1n) is 10.7. The molecule has 5 atom stereocenters. The lowest BCUT2D eigenvalue weighted by Gasteiger charge is -2.33. The number of para-hydroxylation sites is 1. The van der Waals surface area contributed by atoms with Crippen molar-refractivity contribution >= 4 is 29.1 Å². The van der Waals surface area contributed by atoms with Crippen LogP contribution in [0, 0.1) is 11.8 Å². The van der Waals surface area contributed by atoms with Gasteiger partial charge in [0.25, 0.3) is 5.91 Å². The van der Waals surface area contributed by atoms with Crippen LogP contribution in [0.4, 0.5) is 11.4 Å². The summed E-state index contributed by atoms with van der Waals surface area (Å²) < 4.78 is 10.8. The monoisotopic (exact) mass is 418 g/mol. The molecule has 2 aromatic carbocycles. The Morgan fingerprint density at radius 3 is 2.77 bits per heavy atom. The Labute approximate surface area is 177 Å². The number of benzene rings is 2. The summed E-state index contributed by atoms with van der Waals surface area (Å²) in [5.74, 6) is -0.801. The maximum atomic E-state index is 13.9. The van der Waals surface area contributed by atoms with Crippen molar-refractivity contribution in [3.8, 4) is 11.5 Å². The van der Waals surface area contributed by atoms with Crippen LogP contribution in [-0.4, -0.2) is 37.1 Å². The third-order valence-corrected chi connectivity index (χ3v) is 7.74. The van der Waals surface area contributed by atoms with Crippen molar-refractivity contribution in [3.63, 3.8) is 0 Å². The molecule has 3 fully saturated rings. The molecule has 0 radical (unpaired) electrons. The SMILES string of the molecule is O=C1[C@H]2[C@@H](C(=O)N1c1ccc3c(c1)OCO3)[C@@]1(C(=O)Nc3ccccc31)[NH+]1CCC[C@@H]21. The fourth-order valence-corrected chi connectivity index (χ4v) is 6.70. The number of hydrogen-bond donors (Lipinski definition) is 2. The van der Waals surface area contributed by atoms with Crippen molar-refractivity contribution < 1.29 is 28.8 Å². The van der Waals surface area contributed by atoms with Crippen LogP contribution in [0.2, 0.25) is 0 Å². The number of fused-ring (bicyclic) bond motifs is 8. The number of anilines is 2. The quantitative estimate of drug-likeness (QED) is 0.656. The summed E-state index contributed by atoms with van der Waals surface area (Å²) in [4.78, 5) is 43.4. The highest BCUT2D eigenvalue weighted by atomic mass is 16.7. The lowest BCUT2D eigenvalue weighted by Crippen LogP contribution is -3.19. The minimum atomic E-state index is -1.06. The van der Waals surface area contributed by atoms with Crippen molar-refractivity contribution in [2.75, 3.05) is 23.6 Å². The van der Waals surface area contributed by atoms with Crippen LogP contribution in [0.5, 0.6) is 11.5 Å². The lowest BCUT2D eigenvalue weighted by molar-refractivity contribution is -0.948. The third kappa shape index (κ3) is 1.88. The summed E-state index contributed by atoms with van der Waals surface area (Å²) >= 11 is 0. The Morgan fingerprint density at radius 2 is 1.87 bits per heavy atom. The third-order valence-electron chi connectivity index (χ3n) is 7.74. The number of nitrogens with one attached hydrogen (secondary N) is 2. The number of quaternary nitrogens is 1. The number of carbonyl (C=O) groups excluding carboxylic acids is 3. The summed E-state index contributed by atoms with van der Waals surface area (Å²) in [5.41, 5.74) is 0.992. The minimum Gasteiger partial charge on any atom is -0.454 e. The number of carbonyl (C=O) groups is 3. The van der Waals surface area contributed by atoms with E-state index in [0.717, 1.165) is 35.5 Å². The van der Waals surface area contributed by atoms with E-state index in [0.29, 0.717) is 17.2 Å². The van der Waals surface area contributed by atoms with Crippen LogP contribution < -0.4 is 24.6 Å². The summed E-state index contributed by atoms with van der Waals surface area (Å²) in [7, 11) is 0. The van der Waals surface area contributed by atoms with Gasteiger partial charge in [0.2, 0.25) is 24.1 Å². The Morgan fingerprint density at radius 1 is 1.03 bits per heavy atom. The second-order valence-corrected chi connectivity index (χ2v) is 8.88. The molecule has 0 saturated carbocycles. The highest BCUT2D eigenvalue weighted by Gasteiger charge is 2.78. The normalized spacial score (nSPS) is 34.3. The van der Waals surface area contributed by atoms with E-state index < -0.39 is 17.4 Å². The molecule has 31 heavy (non-hydrogen) atoms. The van der Waals surface area contributed by atoms with Crippen molar-refractivity contribution in [1.29, 1.82) is 0 Å². The molecule has 0 aromatic heterocycles. The number of imide groups is 1. The topological polar surface area (TPSA) is 89.4 Å². The van der Waals surface area contributed by atoms with Gasteiger partial charge in [0.15, 0.2) is 11.5 Å². The maximum absolute atomic E-state index is 13.9. The number of ether oxygens (including phenoxy) is 2. The number of nitrogens with zero attached hydrogens (tertiary/aromatic N) is 1. The van der Waals surface area contributed by atoms with E-state index in [2.05, 4.69) is 5.32 Å². The number of rotatable bonds is 1. The molecule has 3 saturated heterocycles. The Hall–Kier alpha value is -3.39. The molecule has 0 aliphatic carbocycles. The largest absolute Gasteiger partial charge is 0.454 e. The molecule has 8 heteroatoms. The van der Waals surface area contributed by atoms with Crippen LogP contribution in [0.3, 0.4) is 0 Å². The second-order valence-electron chi connectivity index (χ2n) is 8.88. The van der Waals surface area contributed by atoms with Crippen LogP contribution >= 0.6 is 0 Å². The Bertz CT molecular complexity index is 1200. The van der Waals surface area contributed by atoms with E-state index in [4.69, 9.17) is 9.47 Å². The van der Waals surface area contributed by atoms with Crippen LogP contribution in [0.15, 0.2) is 42.5 Å². The van der Waals surface area contributed by atoms with Crippen molar-refractivity contribution in [1.82, 2.24) is 0 Å². The fourth-order valence-electron chi connectivity index (χ4n) is 6.70. The van der Waals surface area contributed by atoms with Crippen LogP contribution in [0.25, 0.3) is 0 Å². The van der Waals surface area contributed by atoms with Gasteiger partial charge in [-0.2, -0.15) is 0 Å². The standard InChI is InChI=1S/C23H19N3O5/c27-20-18-15-6-3-9-25(15)23(13-4-1-2-5-14(13)24-22(23)29)19(18)21(28)26(20)12-7-8-16-17(10-12)31-11-30-16/h1-2,4-5,7-8,10,15,18-19H,3,6,9,11H2,(H,24,29)/p+1/t15-,18+,19-,23-/m0/s1. The zero-order valence-corrected chi connectivity index (χ0v) is 16.6. The molecule has 1 unspecified atom stereocenters. The first-order chi connectivity index (χ1) is 15.1. The fraction of sp³-hybridized carbons (Fsp3) is 0.348. The average Bonchev–Trinajstić information content (AvgIpc) is 3.54. The molecule has 3 amide bonds. The first kappa shape index (κ1) is 17.3. The molecule has 5 heterocycles. The molecule has 156 valence electrons. The van der Waals surface area contributed by atoms with Gasteiger partial charge >= 0.3 is 0 Å². The summed E-state index contributed by atoms with van der Waals surface area (Å²) in [5, 5.41) is 3.00. The maximum Gasteiger partial charge on any atom is 0.291 e. The molecule has 2 N–H and O–H groups in total. The Balaban J connectivity index is 1.40. The zero-order valence-electron chi connectivity index (χ0n) is 16.6. The highest BCUT2D eigenvalue weighted by Crippen LogP contribution is 2.52. The minimum absolute atomic E-state index is 0.0441. The molecule has 8 nitrogen and oxygen atoms in total. The average molecular weight is 418 g/mol. The summed E-state index contributed by atoms with van der Waals surface area (Å²) in [6.45, 7) is 0.899. The van der Waals surface area contributed by atoms with E-state index in [9.17, 15) is 14.4 Å². The summed E-state index contributed by atoms with van der Waals surface area (Å²) in [6.07, 6.45) is 1.77. The van der Waals surface area contributed by atoms with Gasteiger partial charge in [-0.3, -0.25) is 14.4 Å². The smallest absolute Gasteiger partial charge is 0.291 e. The molecule has 5 aliphatic rings. The van der Waals surface area contributed by atoms with Gasteiger partial charge in [-0.15, -0.1) is 0 Å². The van der Waals surface area contributed by atoms with Crippen molar-refractivity contribution in [2.45, 2.75) is 24.4 Å². The van der Waals surface area contributed by atoms with Gasteiger partial charge < -0.3 is 19.7 Å². The van der Waals surface area contributed by atoms with Gasteiger partial charge in [-0.25, -0.2) is 4.90 Å². The van der Waals surface area contributed by atoms with E-state index in [-0.39, 0.29) is 30.6 Å². The summed E-state index contributed by atoms with van der Waals surface area (Å²) in [6, 6.07) is 12.6. The van der Waals surface area contributed by atoms with E-state index in [1.165, 1.54) is 4.90 Å². The van der Waals surface area contributed by atoms with Gasteiger partial charge in [0.1, 0.15) is 17.9 Å². The van der Waals surface area contributed by atoms with Crippen LogP contribution in [-0.2, 0) is 19.9 Å². The van der Waals surface area contributed by atoms with E-state index in [1.54, 1.807) is 18.2 Å². The van der Waals surface area contributed by atoms with E-state index in [1.807, 2.05) is 24.3 Å². The molecule has 2 aromatic rings. The predicted octanol–water partition coefficient (Wildman–Crippen LogP) is 0.429. The molecule has 5 aliphatic heterocycles. The highest BCUT2D eigenvalue weighted by molar-refractivity contribution is 6.25. The molecule has 7 rings (SSSR count). The van der Waals surface area contributed by atoms with E-state index >= 15 is 0 Å². The van der Waals surface area contributed by atoms with Crippen LogP contribution in [0.1, 0.15) is 18.4 Å². The molecular weight excluding hydrogens is 398 g/mol. The number of amides is 3. The predicted molar refractivity (Wildman–Crippen MR) is 108 cm³/mol. The first-order valence-corrected chi connectivity index (χ1v) is 10.7. The molecule has 0 bridgehead atoms. The molecular formula is C23H20N3O5+. The van der Waals surface area contributed by atoms with Crippen molar-refractivity contribution in [2.24, 2.45) is 11.8 Å². The van der Waals surface area contributed by atoms with Gasteiger partial charge in [0, 0.05) is 24.5 Å².